The van der Waals surface area contributed by atoms with Crippen LogP contribution in [-0.4, -0.2) is 13.0 Å². The first-order valence-corrected chi connectivity index (χ1v) is 6.30. The summed E-state index contributed by atoms with van der Waals surface area (Å²) in [4.78, 5) is 12.0. The van der Waals surface area contributed by atoms with Gasteiger partial charge in [0, 0.05) is 16.1 Å². The van der Waals surface area contributed by atoms with E-state index in [1.807, 2.05) is 0 Å². The Morgan fingerprint density at radius 1 is 1.21 bits per heavy atom. The average Bonchev–Trinajstić information content (AvgIpc) is 2.42. The average molecular weight is 324 g/mol. The summed E-state index contributed by atoms with van der Waals surface area (Å²) in [5.74, 6) is -0.0503. The number of nitrogens with one attached hydrogen (secondary N) is 1. The fourth-order valence-corrected chi connectivity index (χ4v) is 1.87. The van der Waals surface area contributed by atoms with Crippen molar-refractivity contribution in [1.29, 1.82) is 0 Å². The fourth-order valence-electron chi connectivity index (χ4n) is 1.52. The lowest BCUT2D eigenvalue weighted by molar-refractivity contribution is 0.102. The fraction of sp³-hybridized carbons (Fsp3) is 0.0714. The molecule has 2 aromatic carbocycles. The second kappa shape index (κ2) is 5.84. The number of ether oxygens (including phenoxy) is 1. The summed E-state index contributed by atoms with van der Waals surface area (Å²) in [6, 6.07) is 10.6. The molecule has 0 aromatic heterocycles. The maximum absolute atomic E-state index is 12.8. The van der Waals surface area contributed by atoms with Gasteiger partial charge < -0.3 is 10.1 Å². The van der Waals surface area contributed by atoms with Crippen molar-refractivity contribution in [2.45, 2.75) is 0 Å². The highest BCUT2D eigenvalue weighted by molar-refractivity contribution is 9.10. The van der Waals surface area contributed by atoms with E-state index in [1.54, 1.807) is 25.3 Å². The van der Waals surface area contributed by atoms with E-state index in [0.717, 1.165) is 4.47 Å². The third kappa shape index (κ3) is 3.32. The van der Waals surface area contributed by atoms with Gasteiger partial charge in [0.25, 0.3) is 5.91 Å². The number of anilines is 1. The summed E-state index contributed by atoms with van der Waals surface area (Å²) in [5, 5.41) is 2.73. The summed E-state index contributed by atoms with van der Waals surface area (Å²) in [6.45, 7) is 0. The Balaban J connectivity index is 2.21. The first-order valence-electron chi connectivity index (χ1n) is 5.50. The van der Waals surface area contributed by atoms with E-state index in [1.165, 1.54) is 24.3 Å². The molecular formula is C14H11BrFNO2. The highest BCUT2D eigenvalue weighted by Gasteiger charge is 2.09. The van der Waals surface area contributed by atoms with Gasteiger partial charge >= 0.3 is 0 Å². The quantitative estimate of drug-likeness (QED) is 0.931. The van der Waals surface area contributed by atoms with Crippen molar-refractivity contribution in [3.63, 3.8) is 0 Å². The SMILES string of the molecule is COc1ccc(Br)c(NC(=O)c2ccc(F)cc2)c1. The summed E-state index contributed by atoms with van der Waals surface area (Å²) >= 11 is 3.34. The van der Waals surface area contributed by atoms with Gasteiger partial charge in [0.05, 0.1) is 12.8 Å². The molecule has 0 atom stereocenters. The van der Waals surface area contributed by atoms with E-state index in [2.05, 4.69) is 21.2 Å². The van der Waals surface area contributed by atoms with Crippen LogP contribution in [0.5, 0.6) is 5.75 Å². The molecule has 0 aliphatic carbocycles. The van der Waals surface area contributed by atoms with Crippen LogP contribution in [0.15, 0.2) is 46.9 Å². The molecule has 0 bridgehead atoms. The Labute approximate surface area is 118 Å². The number of benzene rings is 2. The van der Waals surface area contributed by atoms with Crippen molar-refractivity contribution in [2.75, 3.05) is 12.4 Å². The smallest absolute Gasteiger partial charge is 0.255 e. The lowest BCUT2D eigenvalue weighted by atomic mass is 10.2. The molecule has 1 amide bonds. The minimum Gasteiger partial charge on any atom is -0.497 e. The molecule has 0 fully saturated rings. The van der Waals surface area contributed by atoms with E-state index in [-0.39, 0.29) is 11.7 Å². The highest BCUT2D eigenvalue weighted by atomic mass is 79.9. The topological polar surface area (TPSA) is 38.3 Å². The molecule has 0 spiro atoms. The van der Waals surface area contributed by atoms with Gasteiger partial charge in [-0.2, -0.15) is 0 Å². The van der Waals surface area contributed by atoms with E-state index >= 15 is 0 Å². The van der Waals surface area contributed by atoms with Crippen molar-refractivity contribution in [2.24, 2.45) is 0 Å². The predicted octanol–water partition coefficient (Wildman–Crippen LogP) is 3.85. The molecule has 3 nitrogen and oxygen atoms in total. The number of amides is 1. The van der Waals surface area contributed by atoms with Crippen molar-refractivity contribution in [1.82, 2.24) is 0 Å². The molecule has 19 heavy (non-hydrogen) atoms. The minimum atomic E-state index is -0.376. The molecule has 0 saturated carbocycles. The lowest BCUT2D eigenvalue weighted by Gasteiger charge is -2.09. The zero-order valence-corrected chi connectivity index (χ0v) is 11.7. The molecule has 0 aliphatic heterocycles. The largest absolute Gasteiger partial charge is 0.497 e. The van der Waals surface area contributed by atoms with Gasteiger partial charge in [0.2, 0.25) is 0 Å². The zero-order chi connectivity index (χ0) is 13.8. The Morgan fingerprint density at radius 3 is 2.53 bits per heavy atom. The molecule has 0 heterocycles. The second-order valence-electron chi connectivity index (χ2n) is 3.81. The van der Waals surface area contributed by atoms with Crippen LogP contribution in [-0.2, 0) is 0 Å². The first kappa shape index (κ1) is 13.5. The van der Waals surface area contributed by atoms with Gasteiger partial charge in [-0.25, -0.2) is 4.39 Å². The maximum atomic E-state index is 12.8. The van der Waals surface area contributed by atoms with E-state index in [9.17, 15) is 9.18 Å². The van der Waals surface area contributed by atoms with Crippen LogP contribution >= 0.6 is 15.9 Å². The van der Waals surface area contributed by atoms with Crippen molar-refractivity contribution in [3.05, 3.63) is 58.3 Å². The van der Waals surface area contributed by atoms with Gasteiger partial charge in [0.15, 0.2) is 0 Å². The van der Waals surface area contributed by atoms with Crippen LogP contribution in [0.4, 0.5) is 10.1 Å². The van der Waals surface area contributed by atoms with E-state index in [0.29, 0.717) is 17.0 Å². The predicted molar refractivity (Wildman–Crippen MR) is 75.0 cm³/mol. The van der Waals surface area contributed by atoms with Crippen LogP contribution in [0.25, 0.3) is 0 Å². The third-order valence-electron chi connectivity index (χ3n) is 2.53. The van der Waals surface area contributed by atoms with Crippen molar-refractivity contribution < 1.29 is 13.9 Å². The monoisotopic (exact) mass is 323 g/mol. The minimum absolute atomic E-state index is 0.311. The van der Waals surface area contributed by atoms with Crippen LogP contribution in [0.1, 0.15) is 10.4 Å². The number of hydrogen-bond acceptors (Lipinski definition) is 2. The number of carbonyl (C=O) groups excluding carboxylic acids is 1. The zero-order valence-electron chi connectivity index (χ0n) is 10.1. The van der Waals surface area contributed by atoms with Crippen molar-refractivity contribution >= 4 is 27.5 Å². The molecular weight excluding hydrogens is 313 g/mol. The van der Waals surface area contributed by atoms with Crippen LogP contribution in [0.3, 0.4) is 0 Å². The van der Waals surface area contributed by atoms with Crippen LogP contribution in [0.2, 0.25) is 0 Å². The lowest BCUT2D eigenvalue weighted by Crippen LogP contribution is -2.12. The Hall–Kier alpha value is -1.88. The third-order valence-corrected chi connectivity index (χ3v) is 3.22. The highest BCUT2D eigenvalue weighted by Crippen LogP contribution is 2.27. The Bertz CT molecular complexity index is 599. The molecule has 2 rings (SSSR count). The summed E-state index contributed by atoms with van der Waals surface area (Å²) in [6.07, 6.45) is 0. The van der Waals surface area contributed by atoms with E-state index < -0.39 is 0 Å². The van der Waals surface area contributed by atoms with Crippen molar-refractivity contribution in [3.8, 4) is 5.75 Å². The second-order valence-corrected chi connectivity index (χ2v) is 4.66. The molecule has 98 valence electrons. The van der Waals surface area contributed by atoms with E-state index in [4.69, 9.17) is 4.74 Å². The first-order chi connectivity index (χ1) is 9.10. The molecule has 5 heteroatoms. The van der Waals surface area contributed by atoms with Gasteiger partial charge in [0.1, 0.15) is 11.6 Å². The normalized spacial score (nSPS) is 10.1. The Kier molecular flexibility index (Phi) is 4.16. The number of halogens is 2. The summed E-state index contributed by atoms with van der Waals surface area (Å²) in [5.41, 5.74) is 0.977. The van der Waals surface area contributed by atoms with Gasteiger partial charge in [-0.1, -0.05) is 0 Å². The molecule has 0 saturated heterocycles. The van der Waals surface area contributed by atoms with Gasteiger partial charge in [-0.05, 0) is 52.3 Å². The molecule has 0 unspecified atom stereocenters. The van der Waals surface area contributed by atoms with Gasteiger partial charge in [-0.15, -0.1) is 0 Å². The number of rotatable bonds is 3. The molecule has 0 aliphatic rings. The molecule has 2 aromatic rings. The molecule has 0 radical (unpaired) electrons. The maximum Gasteiger partial charge on any atom is 0.255 e. The number of hydrogen-bond donors (Lipinski definition) is 1. The number of carbonyl (C=O) groups is 1. The number of methoxy groups -OCH3 is 1. The summed E-state index contributed by atoms with van der Waals surface area (Å²) < 4.78 is 18.6. The molecule has 1 N–H and O–H groups in total. The van der Waals surface area contributed by atoms with Crippen LogP contribution in [0, 0.1) is 5.82 Å². The standard InChI is InChI=1S/C14H11BrFNO2/c1-19-11-6-7-12(15)13(8-11)17-14(18)9-2-4-10(16)5-3-9/h2-8H,1H3,(H,17,18). The van der Waals surface area contributed by atoms with Gasteiger partial charge in [-0.3, -0.25) is 4.79 Å². The van der Waals surface area contributed by atoms with Crippen LogP contribution < -0.4 is 10.1 Å². The summed E-state index contributed by atoms with van der Waals surface area (Å²) in [7, 11) is 1.55. The Morgan fingerprint density at radius 2 is 1.89 bits per heavy atom.